The smallest absolute Gasteiger partial charge is 0.255 e. The van der Waals surface area contributed by atoms with Crippen LogP contribution in [-0.4, -0.2) is 36.6 Å². The highest BCUT2D eigenvalue weighted by molar-refractivity contribution is 6.31. The van der Waals surface area contributed by atoms with Crippen LogP contribution in [0.25, 0.3) is 11.0 Å². The van der Waals surface area contributed by atoms with Crippen LogP contribution in [0, 0.1) is 0 Å². The van der Waals surface area contributed by atoms with Crippen molar-refractivity contribution >= 4 is 51.6 Å². The van der Waals surface area contributed by atoms with Crippen molar-refractivity contribution in [2.45, 2.75) is 6.42 Å². The molecule has 5 aromatic rings. The fourth-order valence-corrected chi connectivity index (χ4v) is 4.38. The Hall–Kier alpha value is -4.82. The van der Waals surface area contributed by atoms with E-state index in [4.69, 9.17) is 31.0 Å². The number of ether oxygens (including phenoxy) is 2. The number of anilines is 4. The van der Waals surface area contributed by atoms with E-state index < -0.39 is 0 Å². The molecule has 0 aliphatic carbocycles. The molecule has 0 saturated carbocycles. The summed E-state index contributed by atoms with van der Waals surface area (Å²) in [5.74, 6) is 2.30. The Morgan fingerprint density at radius 3 is 2.17 bits per heavy atom. The third kappa shape index (κ3) is 6.59. The van der Waals surface area contributed by atoms with Crippen molar-refractivity contribution in [3.63, 3.8) is 0 Å². The van der Waals surface area contributed by atoms with E-state index in [1.54, 1.807) is 38.5 Å². The molecular formula is C31H28ClN5O3. The lowest BCUT2D eigenvalue weighted by Gasteiger charge is -2.15. The number of aromatic nitrogens is 2. The van der Waals surface area contributed by atoms with Crippen LogP contribution in [0.4, 0.5) is 23.0 Å². The third-order valence-electron chi connectivity index (χ3n) is 6.16. The van der Waals surface area contributed by atoms with Crippen molar-refractivity contribution in [3.05, 3.63) is 107 Å². The number of para-hydroxylation sites is 2. The lowest BCUT2D eigenvalue weighted by molar-refractivity contribution is 0.102. The van der Waals surface area contributed by atoms with Gasteiger partial charge in [-0.25, -0.2) is 9.97 Å². The molecule has 0 aliphatic rings. The van der Waals surface area contributed by atoms with Gasteiger partial charge in [0.1, 0.15) is 11.5 Å². The van der Waals surface area contributed by atoms with Crippen molar-refractivity contribution in [2.75, 3.05) is 36.7 Å². The third-order valence-corrected chi connectivity index (χ3v) is 6.40. The van der Waals surface area contributed by atoms with Gasteiger partial charge in [-0.2, -0.15) is 0 Å². The van der Waals surface area contributed by atoms with Gasteiger partial charge in [0.2, 0.25) is 0 Å². The zero-order chi connectivity index (χ0) is 27.9. The second kappa shape index (κ2) is 12.4. The summed E-state index contributed by atoms with van der Waals surface area (Å²) < 4.78 is 10.8. The molecule has 0 fully saturated rings. The number of benzene rings is 4. The molecule has 0 atom stereocenters. The molecular weight excluding hydrogens is 526 g/mol. The zero-order valence-corrected chi connectivity index (χ0v) is 22.8. The Balaban J connectivity index is 1.31. The molecule has 0 unspecified atom stereocenters. The van der Waals surface area contributed by atoms with E-state index in [0.29, 0.717) is 52.4 Å². The van der Waals surface area contributed by atoms with Gasteiger partial charge < -0.3 is 25.4 Å². The molecule has 1 aromatic heterocycles. The summed E-state index contributed by atoms with van der Waals surface area (Å²) in [6.07, 6.45) is 0.696. The first kappa shape index (κ1) is 26.8. The van der Waals surface area contributed by atoms with Crippen molar-refractivity contribution in [1.82, 2.24) is 9.97 Å². The molecule has 0 bridgehead atoms. The number of nitrogens with zero attached hydrogens (tertiary/aromatic N) is 2. The minimum Gasteiger partial charge on any atom is -0.497 e. The maximum absolute atomic E-state index is 12.6. The summed E-state index contributed by atoms with van der Waals surface area (Å²) >= 11 is 6.03. The number of hydrogen-bond donors (Lipinski definition) is 3. The average Bonchev–Trinajstić information content (AvgIpc) is 2.97. The summed E-state index contributed by atoms with van der Waals surface area (Å²) in [4.78, 5) is 22.3. The Labute approximate surface area is 237 Å². The monoisotopic (exact) mass is 553 g/mol. The molecule has 1 heterocycles. The van der Waals surface area contributed by atoms with E-state index in [1.807, 2.05) is 66.7 Å². The second-order valence-electron chi connectivity index (χ2n) is 8.98. The van der Waals surface area contributed by atoms with Crippen LogP contribution in [0.3, 0.4) is 0 Å². The first-order chi connectivity index (χ1) is 19.5. The van der Waals surface area contributed by atoms with E-state index in [9.17, 15) is 4.79 Å². The van der Waals surface area contributed by atoms with Crippen molar-refractivity contribution in [2.24, 2.45) is 0 Å². The Kier molecular flexibility index (Phi) is 8.27. The van der Waals surface area contributed by atoms with Crippen LogP contribution in [0.1, 0.15) is 15.9 Å². The largest absolute Gasteiger partial charge is 0.497 e. The predicted octanol–water partition coefficient (Wildman–Crippen LogP) is 6.95. The van der Waals surface area contributed by atoms with Gasteiger partial charge in [-0.3, -0.25) is 4.79 Å². The first-order valence-electron chi connectivity index (χ1n) is 12.7. The molecule has 202 valence electrons. The molecule has 4 aromatic carbocycles. The van der Waals surface area contributed by atoms with Crippen LogP contribution in [-0.2, 0) is 6.42 Å². The lowest BCUT2D eigenvalue weighted by Crippen LogP contribution is -2.12. The molecule has 0 aliphatic heterocycles. The number of methoxy groups -OCH3 is 2. The fraction of sp³-hybridized carbons (Fsp3) is 0.129. The zero-order valence-electron chi connectivity index (χ0n) is 22.1. The van der Waals surface area contributed by atoms with E-state index in [0.717, 1.165) is 22.3 Å². The minimum atomic E-state index is -0.214. The number of rotatable bonds is 10. The topological polar surface area (TPSA) is 97.4 Å². The van der Waals surface area contributed by atoms with Gasteiger partial charge in [0.25, 0.3) is 5.91 Å². The van der Waals surface area contributed by atoms with Crippen LogP contribution in [0.5, 0.6) is 11.5 Å². The van der Waals surface area contributed by atoms with Gasteiger partial charge in [0, 0.05) is 46.7 Å². The predicted molar refractivity (Wildman–Crippen MR) is 160 cm³/mol. The number of amides is 1. The summed E-state index contributed by atoms with van der Waals surface area (Å²) in [6, 6.07) is 27.9. The molecule has 40 heavy (non-hydrogen) atoms. The Morgan fingerprint density at radius 1 is 0.775 bits per heavy atom. The number of carbonyl (C=O) groups is 1. The molecule has 5 rings (SSSR count). The fourth-order valence-electron chi connectivity index (χ4n) is 4.19. The van der Waals surface area contributed by atoms with E-state index in [1.165, 1.54) is 0 Å². The van der Waals surface area contributed by atoms with Gasteiger partial charge >= 0.3 is 0 Å². The normalized spacial score (nSPS) is 10.7. The summed E-state index contributed by atoms with van der Waals surface area (Å²) in [5, 5.41) is 10.2. The van der Waals surface area contributed by atoms with Crippen molar-refractivity contribution < 1.29 is 14.3 Å². The van der Waals surface area contributed by atoms with Crippen LogP contribution in [0.15, 0.2) is 91.0 Å². The first-order valence-corrected chi connectivity index (χ1v) is 13.0. The maximum Gasteiger partial charge on any atom is 0.255 e. The van der Waals surface area contributed by atoms with Crippen molar-refractivity contribution in [3.8, 4) is 11.5 Å². The summed E-state index contributed by atoms with van der Waals surface area (Å²) in [7, 11) is 3.22. The van der Waals surface area contributed by atoms with E-state index in [-0.39, 0.29) is 5.91 Å². The number of hydrogen-bond acceptors (Lipinski definition) is 7. The van der Waals surface area contributed by atoms with Gasteiger partial charge in [0.15, 0.2) is 11.6 Å². The van der Waals surface area contributed by atoms with Gasteiger partial charge in [-0.1, -0.05) is 41.9 Å². The molecule has 8 nitrogen and oxygen atoms in total. The van der Waals surface area contributed by atoms with E-state index in [2.05, 4.69) is 16.0 Å². The van der Waals surface area contributed by atoms with Crippen LogP contribution >= 0.6 is 11.6 Å². The second-order valence-corrected chi connectivity index (χ2v) is 9.41. The van der Waals surface area contributed by atoms with Crippen molar-refractivity contribution in [1.29, 1.82) is 0 Å². The maximum atomic E-state index is 12.6. The lowest BCUT2D eigenvalue weighted by atomic mass is 10.1. The molecule has 9 heteroatoms. The summed E-state index contributed by atoms with van der Waals surface area (Å²) in [6.45, 7) is 0.592. The number of nitrogens with one attached hydrogen (secondary N) is 3. The average molecular weight is 554 g/mol. The molecule has 1 amide bonds. The summed E-state index contributed by atoms with van der Waals surface area (Å²) in [5.41, 5.74) is 4.58. The highest BCUT2D eigenvalue weighted by Gasteiger charge is 2.12. The number of halogens is 1. The highest BCUT2D eigenvalue weighted by atomic mass is 35.5. The molecule has 0 radical (unpaired) electrons. The van der Waals surface area contributed by atoms with Crippen LogP contribution in [0.2, 0.25) is 5.02 Å². The Morgan fingerprint density at radius 2 is 1.48 bits per heavy atom. The number of carbonyl (C=O) groups excluding carboxylic acids is 1. The Bertz CT molecular complexity index is 1640. The van der Waals surface area contributed by atoms with Gasteiger partial charge in [0.05, 0.1) is 25.3 Å². The number of fused-ring (bicyclic) bond motifs is 1. The van der Waals surface area contributed by atoms with E-state index >= 15 is 0 Å². The molecule has 3 N–H and O–H groups in total. The standard InChI is InChI=1S/C31H28ClN5O3/c1-39-25-17-24(18-26(19-25)40-2)34-30-29(36-27-11-3-4-12-28(27)37-30)33-14-13-20-7-5-10-23(15-20)35-31(38)21-8-6-9-22(32)16-21/h3-12,15-19H,13-14H2,1-2H3,(H,33,36)(H,34,37)(H,35,38). The highest BCUT2D eigenvalue weighted by Crippen LogP contribution is 2.30. The quantitative estimate of drug-likeness (QED) is 0.172. The molecule has 0 spiro atoms. The molecule has 0 saturated heterocycles. The van der Waals surface area contributed by atoms with Gasteiger partial charge in [-0.05, 0) is 54.4 Å². The van der Waals surface area contributed by atoms with Crippen LogP contribution < -0.4 is 25.4 Å². The van der Waals surface area contributed by atoms with Gasteiger partial charge in [-0.15, -0.1) is 0 Å². The SMILES string of the molecule is COc1cc(Nc2nc3ccccc3nc2NCCc2cccc(NC(=O)c3cccc(Cl)c3)c2)cc(OC)c1. The minimum absolute atomic E-state index is 0.214.